The van der Waals surface area contributed by atoms with Gasteiger partial charge in [-0.1, -0.05) is 60.5 Å². The monoisotopic (exact) mass is 839 g/mol. The van der Waals surface area contributed by atoms with Crippen LogP contribution in [-0.2, 0) is 25.7 Å². The van der Waals surface area contributed by atoms with E-state index >= 15 is 0 Å². The zero-order valence-corrected chi connectivity index (χ0v) is 34.4. The van der Waals surface area contributed by atoms with E-state index in [1.54, 1.807) is 47.4 Å². The summed E-state index contributed by atoms with van der Waals surface area (Å²) < 4.78 is 19.9. The molecule has 3 aliphatic rings. The molecule has 0 saturated heterocycles. The van der Waals surface area contributed by atoms with Crippen LogP contribution in [0.1, 0.15) is 67.6 Å². The van der Waals surface area contributed by atoms with Crippen molar-refractivity contribution in [2.24, 2.45) is 22.9 Å². The molecule has 0 bridgehead atoms. The van der Waals surface area contributed by atoms with Crippen molar-refractivity contribution in [3.8, 4) is 11.5 Å². The number of rotatable bonds is 23. The first-order chi connectivity index (χ1) is 29.7. The Balaban J connectivity index is 1.54. The number of fused-ring (bicyclic) bond motifs is 2. The van der Waals surface area contributed by atoms with Gasteiger partial charge < -0.3 is 44.4 Å². The molecule has 0 unspecified atom stereocenters. The average molecular weight is 840 g/mol. The standard InChI is InChI=1S/C47H57N3O11/c1-2-26-59-47-43(49(22-27-58-28-25-53)44(55)21-16-33-14-17-36(18-15-33)50(56)57)31-41(48-60-32-34-10-4-3-5-11-34)39-29-35(12-6-8-23-51)38(13-7-9-24-52)45(46(39)47)40-30-37(54)19-20-42(40)61-47/h2-5,10-11,14-21,29-30,35,38,43,45-46,51-54H,1,6-9,12-13,22-28,31-32H2/t35-,38+,43-,45+,46+,47+/m0/s1. The molecule has 14 nitrogen and oxygen atoms in total. The van der Waals surface area contributed by atoms with Gasteiger partial charge in [0.1, 0.15) is 24.1 Å². The van der Waals surface area contributed by atoms with Gasteiger partial charge in [-0.3, -0.25) is 14.9 Å². The summed E-state index contributed by atoms with van der Waals surface area (Å²) in [5, 5.41) is 56.4. The SMILES string of the molecule is C=CCO[C@@]12Oc3ccc(O)cc3[C@H]3[C@H](CCCCO)[C@@H](CCCCO)C=C(C(=NOCc4ccccc4)C[C@@H]1N(CCOCCO)C(=O)C=Cc1ccc([N+](=O)[O-])cc1)[C@H]32. The molecule has 1 saturated carbocycles. The van der Waals surface area contributed by atoms with Gasteiger partial charge in [-0.05, 0) is 90.6 Å². The van der Waals surface area contributed by atoms with E-state index in [0.29, 0.717) is 29.9 Å². The number of nitro groups is 1. The number of benzene rings is 3. The zero-order valence-electron chi connectivity index (χ0n) is 34.4. The first-order valence-electron chi connectivity index (χ1n) is 21.1. The lowest BCUT2D eigenvalue weighted by Crippen LogP contribution is -2.70. The van der Waals surface area contributed by atoms with Crippen LogP contribution in [0.4, 0.5) is 5.69 Å². The van der Waals surface area contributed by atoms with Crippen molar-refractivity contribution >= 4 is 23.4 Å². The minimum Gasteiger partial charge on any atom is -0.508 e. The fourth-order valence-corrected chi connectivity index (χ4v) is 9.14. The number of allylic oxidation sites excluding steroid dienone is 1. The molecule has 1 amide bonds. The minimum absolute atomic E-state index is 0.0111. The van der Waals surface area contributed by atoms with Crippen molar-refractivity contribution in [3.05, 3.63) is 130 Å². The number of carbonyl (C=O) groups is 1. The molecule has 4 N–H and O–H groups in total. The molecule has 1 aliphatic heterocycles. The molecule has 61 heavy (non-hydrogen) atoms. The van der Waals surface area contributed by atoms with Gasteiger partial charge in [-0.15, -0.1) is 6.58 Å². The third-order valence-corrected chi connectivity index (χ3v) is 11.8. The van der Waals surface area contributed by atoms with Gasteiger partial charge in [-0.2, -0.15) is 0 Å². The van der Waals surface area contributed by atoms with Crippen LogP contribution in [0, 0.1) is 27.9 Å². The number of nitrogens with zero attached hydrogens (tertiary/aromatic N) is 3. The summed E-state index contributed by atoms with van der Waals surface area (Å²) in [5.41, 5.74) is 3.67. The van der Waals surface area contributed by atoms with Crippen LogP contribution >= 0.6 is 0 Å². The highest BCUT2D eigenvalue weighted by Crippen LogP contribution is 2.62. The molecule has 326 valence electrons. The molecule has 0 spiro atoms. The number of oxime groups is 1. The first kappa shape index (κ1) is 45.2. The summed E-state index contributed by atoms with van der Waals surface area (Å²) in [5.74, 6) is -2.29. The number of amides is 1. The molecule has 2 aliphatic carbocycles. The van der Waals surface area contributed by atoms with Gasteiger partial charge in [0.25, 0.3) is 5.69 Å². The number of unbranched alkanes of at least 4 members (excludes halogenated alkanes) is 2. The molecule has 0 radical (unpaired) electrons. The third-order valence-electron chi connectivity index (χ3n) is 11.8. The number of ether oxygens (including phenoxy) is 3. The zero-order chi connectivity index (χ0) is 43.2. The summed E-state index contributed by atoms with van der Waals surface area (Å²) in [7, 11) is 0. The third kappa shape index (κ3) is 10.7. The van der Waals surface area contributed by atoms with Crippen molar-refractivity contribution < 1.29 is 49.2 Å². The van der Waals surface area contributed by atoms with Crippen LogP contribution in [0.25, 0.3) is 6.08 Å². The van der Waals surface area contributed by atoms with Crippen LogP contribution in [0.5, 0.6) is 11.5 Å². The molecule has 6 atom stereocenters. The highest BCUT2D eigenvalue weighted by Gasteiger charge is 2.65. The Labute approximate surface area is 356 Å². The molecule has 1 fully saturated rings. The fraction of sp³-hybridized carbons (Fsp3) is 0.447. The number of phenols is 1. The lowest BCUT2D eigenvalue weighted by molar-refractivity contribution is -0.384. The Hall–Kier alpha value is -5.38. The van der Waals surface area contributed by atoms with Crippen LogP contribution in [0.3, 0.4) is 0 Å². The van der Waals surface area contributed by atoms with Gasteiger partial charge in [0.05, 0.1) is 43.0 Å². The highest BCUT2D eigenvalue weighted by molar-refractivity contribution is 6.03. The number of hydrogen-bond acceptors (Lipinski definition) is 12. The second-order valence-electron chi connectivity index (χ2n) is 15.6. The summed E-state index contributed by atoms with van der Waals surface area (Å²) in [6.07, 6.45) is 11.3. The van der Waals surface area contributed by atoms with Gasteiger partial charge in [-0.25, -0.2) is 0 Å². The van der Waals surface area contributed by atoms with Crippen LogP contribution in [0.2, 0.25) is 0 Å². The van der Waals surface area contributed by atoms with Gasteiger partial charge in [0.2, 0.25) is 11.7 Å². The maximum atomic E-state index is 14.8. The summed E-state index contributed by atoms with van der Waals surface area (Å²) >= 11 is 0. The Bertz CT molecular complexity index is 2020. The molecule has 3 aromatic rings. The van der Waals surface area contributed by atoms with Crippen molar-refractivity contribution in [2.45, 2.75) is 69.3 Å². The van der Waals surface area contributed by atoms with Crippen molar-refractivity contribution in [2.75, 3.05) is 46.2 Å². The number of non-ortho nitro benzene ring substituents is 1. The normalized spacial score (nSPS) is 23.4. The van der Waals surface area contributed by atoms with Crippen molar-refractivity contribution in [1.29, 1.82) is 0 Å². The maximum Gasteiger partial charge on any atom is 0.269 e. The fourth-order valence-electron chi connectivity index (χ4n) is 9.14. The van der Waals surface area contributed by atoms with Gasteiger partial charge in [0.15, 0.2) is 0 Å². The molecule has 0 aromatic heterocycles. The lowest BCUT2D eigenvalue weighted by atomic mass is 9.55. The Morgan fingerprint density at radius 2 is 1.74 bits per heavy atom. The van der Waals surface area contributed by atoms with Gasteiger partial charge >= 0.3 is 0 Å². The molecular formula is C47H57N3O11. The number of carbonyl (C=O) groups excluding carboxylic acids is 1. The molecular weight excluding hydrogens is 783 g/mol. The number of aliphatic hydroxyl groups is 3. The predicted octanol–water partition coefficient (Wildman–Crippen LogP) is 6.69. The molecule has 3 aromatic carbocycles. The number of hydrogen-bond donors (Lipinski definition) is 4. The first-order valence-corrected chi connectivity index (χ1v) is 21.1. The van der Waals surface area contributed by atoms with E-state index in [9.17, 15) is 35.3 Å². The predicted molar refractivity (Wildman–Crippen MR) is 230 cm³/mol. The van der Waals surface area contributed by atoms with Crippen molar-refractivity contribution in [3.63, 3.8) is 0 Å². The highest BCUT2D eigenvalue weighted by atomic mass is 16.7. The van der Waals surface area contributed by atoms with Gasteiger partial charge in [0, 0.05) is 55.9 Å². The van der Waals surface area contributed by atoms with Crippen LogP contribution in [0.15, 0.2) is 108 Å². The number of phenolic OH excluding ortho intramolecular Hbond substituents is 1. The van der Waals surface area contributed by atoms with E-state index in [1.807, 2.05) is 30.3 Å². The average Bonchev–Trinajstić information content (AvgIpc) is 3.27. The van der Waals surface area contributed by atoms with E-state index in [4.69, 9.17) is 24.2 Å². The Morgan fingerprint density at radius 1 is 0.984 bits per heavy atom. The van der Waals surface area contributed by atoms with E-state index < -0.39 is 28.6 Å². The molecule has 14 heteroatoms. The topological polar surface area (TPSA) is 194 Å². The Morgan fingerprint density at radius 3 is 2.44 bits per heavy atom. The Kier molecular flexibility index (Phi) is 16.2. The minimum atomic E-state index is -1.54. The van der Waals surface area contributed by atoms with E-state index in [2.05, 4.69) is 12.7 Å². The summed E-state index contributed by atoms with van der Waals surface area (Å²) in [6.45, 7) is 4.33. The molecule has 1 heterocycles. The molecule has 6 rings (SSSR count). The largest absolute Gasteiger partial charge is 0.508 e. The van der Waals surface area contributed by atoms with Crippen LogP contribution in [-0.4, -0.2) is 99.9 Å². The van der Waals surface area contributed by atoms with E-state index in [-0.39, 0.29) is 88.4 Å². The maximum absolute atomic E-state index is 14.8. The second kappa shape index (κ2) is 21.9. The summed E-state index contributed by atoms with van der Waals surface area (Å²) in [6, 6.07) is 19.7. The lowest BCUT2D eigenvalue weighted by Gasteiger charge is -2.60. The second-order valence-corrected chi connectivity index (χ2v) is 15.6. The number of aromatic hydroxyl groups is 1. The van der Waals surface area contributed by atoms with E-state index in [1.165, 1.54) is 18.2 Å². The number of aliphatic hydroxyl groups excluding tert-OH is 3. The number of nitro benzene ring substituents is 1. The summed E-state index contributed by atoms with van der Waals surface area (Å²) in [4.78, 5) is 33.4. The quantitative estimate of drug-likeness (QED) is 0.0262. The van der Waals surface area contributed by atoms with Crippen LogP contribution < -0.4 is 4.74 Å². The smallest absolute Gasteiger partial charge is 0.269 e. The van der Waals surface area contributed by atoms with Crippen molar-refractivity contribution in [1.82, 2.24) is 4.90 Å². The van der Waals surface area contributed by atoms with E-state index in [0.717, 1.165) is 42.4 Å².